The summed E-state index contributed by atoms with van der Waals surface area (Å²) in [6.45, 7) is -0.856. The first kappa shape index (κ1) is 21.5. The smallest absolute Gasteiger partial charge is 0.344 e. The number of carbonyl (C=O) groups is 5. The third-order valence-electron chi connectivity index (χ3n) is 3.25. The first-order valence-corrected chi connectivity index (χ1v) is 8.40. The maximum absolute atomic E-state index is 12.5. The second kappa shape index (κ2) is 8.93. The molecule has 0 aromatic carbocycles. The fraction of sp³-hybridized carbons (Fsp3) is 0.308. The van der Waals surface area contributed by atoms with Crippen LogP contribution >= 0.6 is 11.3 Å². The van der Waals surface area contributed by atoms with E-state index in [1.807, 2.05) is 0 Å². The van der Waals surface area contributed by atoms with E-state index in [-0.39, 0.29) is 10.8 Å². The van der Waals surface area contributed by atoms with Crippen LogP contribution in [0.4, 0.5) is 5.13 Å². The van der Waals surface area contributed by atoms with Gasteiger partial charge in [0.1, 0.15) is 5.69 Å². The molecule has 1 aliphatic heterocycles. The van der Waals surface area contributed by atoms with Crippen molar-refractivity contribution in [1.29, 1.82) is 0 Å². The van der Waals surface area contributed by atoms with Crippen LogP contribution in [0.15, 0.2) is 10.5 Å². The summed E-state index contributed by atoms with van der Waals surface area (Å²) in [6.07, 6.45) is -3.44. The molecule has 16 heteroatoms. The van der Waals surface area contributed by atoms with Crippen LogP contribution in [0.5, 0.6) is 0 Å². The fourth-order valence-corrected chi connectivity index (χ4v) is 2.51. The van der Waals surface area contributed by atoms with Gasteiger partial charge in [0.15, 0.2) is 23.1 Å². The summed E-state index contributed by atoms with van der Waals surface area (Å²) < 4.78 is 4.89. The number of nitrogen functional groups attached to an aromatic ring is 1. The molecule has 0 radical (unpaired) electrons. The lowest BCUT2D eigenvalue weighted by Gasteiger charge is -2.37. The molecular formula is C13H14N6O9S. The molecule has 29 heavy (non-hydrogen) atoms. The van der Waals surface area contributed by atoms with Gasteiger partial charge in [-0.25, -0.2) is 14.6 Å². The Kier molecular flexibility index (Phi) is 6.63. The van der Waals surface area contributed by atoms with E-state index in [1.54, 1.807) is 0 Å². The van der Waals surface area contributed by atoms with E-state index in [2.05, 4.69) is 25.6 Å². The molecule has 3 unspecified atom stereocenters. The van der Waals surface area contributed by atoms with E-state index in [4.69, 9.17) is 26.4 Å². The number of carboxylic acids is 2. The highest BCUT2D eigenvalue weighted by molar-refractivity contribution is 7.13. The normalized spacial score (nSPS) is 19.4. The number of nitrogens with zero attached hydrogens (tertiary/aromatic N) is 2. The van der Waals surface area contributed by atoms with Crippen molar-refractivity contribution >= 4 is 51.8 Å². The topological polar surface area (TPSA) is 246 Å². The zero-order chi connectivity index (χ0) is 21.7. The number of hydrogen-bond donors (Lipinski definition) is 6. The average molecular weight is 430 g/mol. The number of thiazole rings is 1. The molecule has 2 rings (SSSR count). The molecule has 1 fully saturated rings. The number of β-lactam (4-membered cyclic amide) rings is 1. The van der Waals surface area contributed by atoms with Crippen molar-refractivity contribution in [1.82, 2.24) is 15.6 Å². The molecule has 3 atom stereocenters. The second-order valence-electron chi connectivity index (χ2n) is 5.32. The van der Waals surface area contributed by atoms with Crippen LogP contribution in [-0.2, 0) is 33.5 Å². The van der Waals surface area contributed by atoms with Gasteiger partial charge < -0.3 is 41.9 Å². The number of nitrogens with one attached hydrogen (secondary N) is 2. The van der Waals surface area contributed by atoms with Crippen LogP contribution in [0.2, 0.25) is 0 Å². The van der Waals surface area contributed by atoms with Gasteiger partial charge in [0.25, 0.3) is 11.8 Å². The largest absolute Gasteiger partial charge is 0.479 e. The molecule has 0 spiro atoms. The van der Waals surface area contributed by atoms with Crippen molar-refractivity contribution in [2.75, 3.05) is 12.3 Å². The Labute approximate surface area is 164 Å². The summed E-state index contributed by atoms with van der Waals surface area (Å²) in [5, 5.41) is 26.6. The van der Waals surface area contributed by atoms with Gasteiger partial charge in [-0.2, -0.15) is 0 Å². The maximum atomic E-state index is 12.5. The van der Waals surface area contributed by atoms with Gasteiger partial charge in [0.2, 0.25) is 18.6 Å². The Bertz CT molecular complexity index is 870. The van der Waals surface area contributed by atoms with E-state index in [0.717, 1.165) is 11.3 Å². The zero-order valence-electron chi connectivity index (χ0n) is 14.2. The number of anilines is 1. The fourth-order valence-electron chi connectivity index (χ4n) is 1.96. The molecule has 0 saturated carbocycles. The Morgan fingerprint density at radius 1 is 1.38 bits per heavy atom. The molecule has 1 aromatic rings. The number of amides is 3. The lowest BCUT2D eigenvalue weighted by atomic mass is 10.1. The molecule has 1 saturated heterocycles. The van der Waals surface area contributed by atoms with Crippen LogP contribution in [0.1, 0.15) is 5.69 Å². The minimum absolute atomic E-state index is 0.0619. The van der Waals surface area contributed by atoms with Crippen molar-refractivity contribution < 1.29 is 43.8 Å². The van der Waals surface area contributed by atoms with Crippen molar-refractivity contribution in [3.05, 3.63) is 11.1 Å². The van der Waals surface area contributed by atoms with Crippen LogP contribution in [0, 0.1) is 0 Å². The third kappa shape index (κ3) is 5.36. The number of primary amides is 1. The van der Waals surface area contributed by atoms with E-state index in [1.165, 1.54) is 5.38 Å². The molecule has 15 nitrogen and oxygen atoms in total. The Hall–Kier alpha value is -3.79. The molecule has 8 N–H and O–H groups in total. The number of ether oxygens (including phenoxy) is 1. The Morgan fingerprint density at radius 3 is 2.55 bits per heavy atom. The van der Waals surface area contributed by atoms with Crippen molar-refractivity contribution in [2.24, 2.45) is 10.9 Å². The van der Waals surface area contributed by atoms with Crippen LogP contribution in [0.3, 0.4) is 0 Å². The van der Waals surface area contributed by atoms with Gasteiger partial charge >= 0.3 is 11.9 Å². The SMILES string of the molecule is NC(=O)C(OC1NC(=O)C1NC(=O)/C(=N/OCC(=O)O)c1csc(N)n1)C(=O)O. The standard InChI is InChI=1S/C13H14N6O9S/c14-8(22)7(12(25)26)28-11-6(10(24)18-11)17-9(23)5(19-27-1-4(20)21)3-2-29-13(15)16-3/h2,6-7,11H,1H2,(H2,14,22)(H2,15,16)(H,17,23)(H,18,24)(H,20,21)(H,25,26)/b19-5+. The van der Waals surface area contributed by atoms with Gasteiger partial charge in [0, 0.05) is 5.38 Å². The van der Waals surface area contributed by atoms with Gasteiger partial charge in [0.05, 0.1) is 0 Å². The van der Waals surface area contributed by atoms with E-state index >= 15 is 0 Å². The van der Waals surface area contributed by atoms with Gasteiger partial charge in [-0.3, -0.25) is 14.4 Å². The van der Waals surface area contributed by atoms with Crippen LogP contribution < -0.4 is 22.1 Å². The summed E-state index contributed by atoms with van der Waals surface area (Å²) in [7, 11) is 0. The number of carboxylic acid groups (broad SMARTS) is 2. The van der Waals surface area contributed by atoms with E-state index < -0.39 is 60.4 Å². The number of oxime groups is 1. The summed E-state index contributed by atoms with van der Waals surface area (Å²) in [6, 6.07) is -1.40. The first-order chi connectivity index (χ1) is 13.6. The number of aromatic nitrogens is 1. The lowest BCUT2D eigenvalue weighted by molar-refractivity contribution is -0.174. The first-order valence-electron chi connectivity index (χ1n) is 7.52. The summed E-state index contributed by atoms with van der Waals surface area (Å²) in [5.41, 5.74) is 9.83. The van der Waals surface area contributed by atoms with Crippen molar-refractivity contribution in [3.8, 4) is 0 Å². The number of rotatable bonds is 10. The second-order valence-corrected chi connectivity index (χ2v) is 6.20. The van der Waals surface area contributed by atoms with E-state index in [0.29, 0.717) is 0 Å². The maximum Gasteiger partial charge on any atom is 0.344 e. The molecule has 0 aliphatic carbocycles. The third-order valence-corrected chi connectivity index (χ3v) is 3.92. The van der Waals surface area contributed by atoms with Gasteiger partial charge in [-0.05, 0) is 0 Å². The number of nitrogens with two attached hydrogens (primary N) is 2. The van der Waals surface area contributed by atoms with Crippen LogP contribution in [0.25, 0.3) is 0 Å². The predicted molar refractivity (Wildman–Crippen MR) is 92.2 cm³/mol. The molecule has 2 heterocycles. The van der Waals surface area contributed by atoms with E-state index in [9.17, 15) is 24.0 Å². The quantitative estimate of drug-likeness (QED) is 0.0916. The van der Waals surface area contributed by atoms with Crippen molar-refractivity contribution in [2.45, 2.75) is 18.4 Å². The minimum Gasteiger partial charge on any atom is -0.479 e. The number of carbonyl (C=O) groups excluding carboxylic acids is 3. The molecule has 156 valence electrons. The predicted octanol–water partition coefficient (Wildman–Crippen LogP) is -3.57. The molecular weight excluding hydrogens is 416 g/mol. The molecule has 3 amide bonds. The Morgan fingerprint density at radius 2 is 2.07 bits per heavy atom. The highest BCUT2D eigenvalue weighted by atomic mass is 32.1. The summed E-state index contributed by atoms with van der Waals surface area (Å²) >= 11 is 0.958. The minimum atomic E-state index is -2.06. The Balaban J connectivity index is 2.14. The van der Waals surface area contributed by atoms with Gasteiger partial charge in [-0.1, -0.05) is 5.16 Å². The van der Waals surface area contributed by atoms with Crippen molar-refractivity contribution in [3.63, 3.8) is 0 Å². The monoisotopic (exact) mass is 430 g/mol. The summed E-state index contributed by atoms with van der Waals surface area (Å²) in [5.74, 6) is -6.14. The molecule has 0 bridgehead atoms. The lowest BCUT2D eigenvalue weighted by Crippen LogP contribution is -2.71. The highest BCUT2D eigenvalue weighted by Crippen LogP contribution is 2.15. The highest BCUT2D eigenvalue weighted by Gasteiger charge is 2.45. The average Bonchev–Trinajstić information content (AvgIpc) is 3.04. The number of aliphatic carboxylic acids is 2. The van der Waals surface area contributed by atoms with Crippen LogP contribution in [-0.4, -0.2) is 75.5 Å². The molecule has 1 aliphatic rings. The van der Waals surface area contributed by atoms with Gasteiger partial charge in [-0.15, -0.1) is 11.3 Å². The molecule has 1 aromatic heterocycles. The summed E-state index contributed by atoms with van der Waals surface area (Å²) in [4.78, 5) is 65.2. The number of hydrogen-bond acceptors (Lipinski definition) is 11. The zero-order valence-corrected chi connectivity index (χ0v) is 15.0.